The first-order valence-electron chi connectivity index (χ1n) is 9.28. The number of anilines is 1. The van der Waals surface area contributed by atoms with Gasteiger partial charge in [-0.1, -0.05) is 6.07 Å². The Bertz CT molecular complexity index is 1050. The minimum Gasteiger partial charge on any atom is -0.442 e. The van der Waals surface area contributed by atoms with Gasteiger partial charge in [-0.15, -0.1) is 0 Å². The first-order valence-corrected chi connectivity index (χ1v) is 9.28. The van der Waals surface area contributed by atoms with Crippen molar-refractivity contribution in [1.29, 1.82) is 0 Å². The molecule has 4 heterocycles. The highest BCUT2D eigenvalue weighted by Crippen LogP contribution is 2.40. The standard InChI is InChI=1S/C20H21N5O2/c1-12-15(19(26)25-9-5-13-4-3-8-21-14(13)10-25)16-17(24-20(2)6-7-20)22-11-23-18(16)27-12/h3-4,8,11H,5-7,9-10H2,1-2H3,(H,22,23,24). The topological polar surface area (TPSA) is 84.2 Å². The summed E-state index contributed by atoms with van der Waals surface area (Å²) in [7, 11) is 0. The molecule has 1 aliphatic heterocycles. The fourth-order valence-electron chi connectivity index (χ4n) is 3.68. The maximum absolute atomic E-state index is 13.4. The molecule has 0 aromatic carbocycles. The molecule has 5 rings (SSSR count). The van der Waals surface area contributed by atoms with Gasteiger partial charge in [-0.3, -0.25) is 9.78 Å². The molecule has 0 atom stereocenters. The molecule has 0 saturated heterocycles. The number of rotatable bonds is 3. The lowest BCUT2D eigenvalue weighted by atomic mass is 10.0. The Hall–Kier alpha value is -2.96. The number of pyridine rings is 1. The largest absolute Gasteiger partial charge is 0.442 e. The molecule has 7 heteroatoms. The summed E-state index contributed by atoms with van der Waals surface area (Å²) in [4.78, 5) is 28.3. The molecule has 1 N–H and O–H groups in total. The summed E-state index contributed by atoms with van der Waals surface area (Å²) < 4.78 is 5.80. The molecule has 0 bridgehead atoms. The van der Waals surface area contributed by atoms with Gasteiger partial charge in [-0.05, 0) is 44.7 Å². The van der Waals surface area contributed by atoms with Crippen LogP contribution in [-0.4, -0.2) is 37.8 Å². The predicted octanol–water partition coefficient (Wildman–Crippen LogP) is 3.09. The highest BCUT2D eigenvalue weighted by molar-refractivity contribution is 6.10. The first-order chi connectivity index (χ1) is 13.0. The Labute approximate surface area is 156 Å². The van der Waals surface area contributed by atoms with Gasteiger partial charge in [-0.25, -0.2) is 9.97 Å². The summed E-state index contributed by atoms with van der Waals surface area (Å²) in [5.74, 6) is 1.20. The van der Waals surface area contributed by atoms with Crippen LogP contribution in [0.15, 0.2) is 29.1 Å². The normalized spacial score (nSPS) is 17.6. The van der Waals surface area contributed by atoms with Crippen molar-refractivity contribution in [1.82, 2.24) is 19.9 Å². The number of carbonyl (C=O) groups excluding carboxylic acids is 1. The summed E-state index contributed by atoms with van der Waals surface area (Å²) in [6.07, 6.45) is 6.25. The van der Waals surface area contributed by atoms with E-state index in [2.05, 4.69) is 33.3 Å². The highest BCUT2D eigenvalue weighted by Gasteiger charge is 2.39. The van der Waals surface area contributed by atoms with Gasteiger partial charge in [-0.2, -0.15) is 0 Å². The highest BCUT2D eigenvalue weighted by atomic mass is 16.3. The second-order valence-corrected chi connectivity index (χ2v) is 7.71. The van der Waals surface area contributed by atoms with Crippen molar-refractivity contribution in [2.75, 3.05) is 11.9 Å². The fraction of sp³-hybridized carbons (Fsp3) is 0.400. The first kappa shape index (κ1) is 16.2. The number of carbonyl (C=O) groups is 1. The summed E-state index contributed by atoms with van der Waals surface area (Å²) in [5.41, 5.74) is 3.22. The zero-order valence-electron chi connectivity index (χ0n) is 15.5. The average Bonchev–Trinajstić information content (AvgIpc) is 3.29. The van der Waals surface area contributed by atoms with Crippen LogP contribution in [0.4, 0.5) is 5.82 Å². The van der Waals surface area contributed by atoms with E-state index < -0.39 is 0 Å². The number of furan rings is 1. The second kappa shape index (κ2) is 5.77. The molecule has 0 unspecified atom stereocenters. The SMILES string of the molecule is Cc1oc2ncnc(NC3(C)CC3)c2c1C(=O)N1CCc2cccnc2C1. The van der Waals surface area contributed by atoms with Crippen LogP contribution in [0.5, 0.6) is 0 Å². The van der Waals surface area contributed by atoms with Gasteiger partial charge in [0.15, 0.2) is 0 Å². The molecule has 3 aromatic heterocycles. The third-order valence-electron chi connectivity index (χ3n) is 5.56. The minimum atomic E-state index is -0.0543. The molecule has 3 aromatic rings. The summed E-state index contributed by atoms with van der Waals surface area (Å²) in [6, 6.07) is 4.02. The summed E-state index contributed by atoms with van der Waals surface area (Å²) in [6.45, 7) is 5.14. The van der Waals surface area contributed by atoms with Crippen LogP contribution in [0, 0.1) is 6.92 Å². The van der Waals surface area contributed by atoms with Crippen molar-refractivity contribution in [3.05, 3.63) is 47.2 Å². The molecule has 1 saturated carbocycles. The number of nitrogens with one attached hydrogen (secondary N) is 1. The quantitative estimate of drug-likeness (QED) is 0.770. The van der Waals surface area contributed by atoms with Crippen molar-refractivity contribution in [3.63, 3.8) is 0 Å². The van der Waals surface area contributed by atoms with Crippen molar-refractivity contribution in [2.24, 2.45) is 0 Å². The zero-order chi connectivity index (χ0) is 18.6. The molecule has 138 valence electrons. The smallest absolute Gasteiger partial charge is 0.258 e. The van der Waals surface area contributed by atoms with E-state index in [-0.39, 0.29) is 11.4 Å². The van der Waals surface area contributed by atoms with Gasteiger partial charge in [0.2, 0.25) is 5.71 Å². The van der Waals surface area contributed by atoms with Gasteiger partial charge in [0.25, 0.3) is 5.91 Å². The lowest BCUT2D eigenvalue weighted by molar-refractivity contribution is 0.0732. The number of amides is 1. The van der Waals surface area contributed by atoms with Crippen LogP contribution in [0.3, 0.4) is 0 Å². The maximum Gasteiger partial charge on any atom is 0.258 e. The number of aromatic nitrogens is 3. The molecule has 1 aliphatic carbocycles. The number of hydrogen-bond acceptors (Lipinski definition) is 6. The van der Waals surface area contributed by atoms with E-state index in [0.717, 1.165) is 25.0 Å². The third-order valence-corrected chi connectivity index (χ3v) is 5.56. The Morgan fingerprint density at radius 2 is 2.15 bits per heavy atom. The van der Waals surface area contributed by atoms with Crippen LogP contribution in [0.2, 0.25) is 0 Å². The summed E-state index contributed by atoms with van der Waals surface area (Å²) in [5, 5.41) is 4.15. The molecular formula is C20H21N5O2. The van der Waals surface area contributed by atoms with Crippen LogP contribution in [-0.2, 0) is 13.0 Å². The molecule has 1 fully saturated rings. The van der Waals surface area contributed by atoms with Crippen LogP contribution in [0.1, 0.15) is 47.1 Å². The van der Waals surface area contributed by atoms with Crippen molar-refractivity contribution in [2.45, 2.75) is 45.2 Å². The lowest BCUT2D eigenvalue weighted by Crippen LogP contribution is -2.36. The van der Waals surface area contributed by atoms with E-state index in [4.69, 9.17) is 4.42 Å². The summed E-state index contributed by atoms with van der Waals surface area (Å²) >= 11 is 0. The van der Waals surface area contributed by atoms with Crippen molar-refractivity contribution in [3.8, 4) is 0 Å². The molecule has 2 aliphatic rings. The van der Waals surface area contributed by atoms with Crippen molar-refractivity contribution < 1.29 is 9.21 Å². The van der Waals surface area contributed by atoms with Crippen LogP contribution in [0.25, 0.3) is 11.1 Å². The number of fused-ring (bicyclic) bond motifs is 2. The molecule has 1 amide bonds. The third kappa shape index (κ3) is 2.74. The average molecular weight is 363 g/mol. The van der Waals surface area contributed by atoms with Gasteiger partial charge < -0.3 is 14.6 Å². The van der Waals surface area contributed by atoms with Crippen LogP contribution < -0.4 is 5.32 Å². The molecule has 7 nitrogen and oxygen atoms in total. The van der Waals surface area contributed by atoms with E-state index >= 15 is 0 Å². The number of nitrogens with zero attached hydrogens (tertiary/aromatic N) is 4. The van der Waals surface area contributed by atoms with Gasteiger partial charge in [0.05, 0.1) is 23.2 Å². The Morgan fingerprint density at radius 3 is 2.96 bits per heavy atom. The van der Waals surface area contributed by atoms with E-state index in [9.17, 15) is 4.79 Å². The number of aryl methyl sites for hydroxylation is 1. The molecule has 0 spiro atoms. The molecule has 0 radical (unpaired) electrons. The van der Waals surface area contributed by atoms with E-state index in [1.165, 1.54) is 11.9 Å². The predicted molar refractivity (Wildman–Crippen MR) is 100 cm³/mol. The molecule has 27 heavy (non-hydrogen) atoms. The Kier molecular flexibility index (Phi) is 3.47. The fourth-order valence-corrected chi connectivity index (χ4v) is 3.68. The zero-order valence-corrected chi connectivity index (χ0v) is 15.5. The van der Waals surface area contributed by atoms with Gasteiger partial charge >= 0.3 is 0 Å². The van der Waals surface area contributed by atoms with Crippen LogP contribution >= 0.6 is 0 Å². The second-order valence-electron chi connectivity index (χ2n) is 7.71. The molecular weight excluding hydrogens is 342 g/mol. The van der Waals surface area contributed by atoms with E-state index in [1.807, 2.05) is 17.9 Å². The van der Waals surface area contributed by atoms with Gasteiger partial charge in [0.1, 0.15) is 17.9 Å². The minimum absolute atomic E-state index is 0.0424. The Morgan fingerprint density at radius 1 is 1.30 bits per heavy atom. The van der Waals surface area contributed by atoms with Crippen molar-refractivity contribution >= 4 is 22.8 Å². The monoisotopic (exact) mass is 363 g/mol. The lowest BCUT2D eigenvalue weighted by Gasteiger charge is -2.28. The van der Waals surface area contributed by atoms with E-state index in [1.54, 1.807) is 6.20 Å². The maximum atomic E-state index is 13.4. The van der Waals surface area contributed by atoms with Gasteiger partial charge in [0, 0.05) is 18.3 Å². The number of hydrogen-bond donors (Lipinski definition) is 1. The Balaban J connectivity index is 1.54. The van der Waals surface area contributed by atoms with E-state index in [0.29, 0.717) is 41.3 Å².